The molecule has 3 aromatic carbocycles. The SMILES string of the molecule is CC[C@@H](C(=O)NCC(C)C)N(Cc1ccc(Cl)cc1Cl)C(=O)CN(c1ccc(OC)cc1)S(=O)(=O)c1ccc(C)cc1. The highest BCUT2D eigenvalue weighted by molar-refractivity contribution is 7.92. The maximum atomic E-state index is 14.2. The Morgan fingerprint density at radius 3 is 2.17 bits per heavy atom. The number of hydrogen-bond donors (Lipinski definition) is 1. The molecule has 0 saturated carbocycles. The van der Waals surface area contributed by atoms with Crippen LogP contribution in [0, 0.1) is 12.8 Å². The van der Waals surface area contributed by atoms with E-state index in [1.807, 2.05) is 20.8 Å². The zero-order valence-electron chi connectivity index (χ0n) is 24.4. The van der Waals surface area contributed by atoms with Crippen molar-refractivity contribution in [3.05, 3.63) is 87.9 Å². The van der Waals surface area contributed by atoms with Gasteiger partial charge in [-0.1, -0.05) is 67.7 Å². The quantitative estimate of drug-likeness (QED) is 0.246. The first-order valence-electron chi connectivity index (χ1n) is 13.6. The summed E-state index contributed by atoms with van der Waals surface area (Å²) >= 11 is 12.6. The first-order valence-corrected chi connectivity index (χ1v) is 15.8. The highest BCUT2D eigenvalue weighted by atomic mass is 35.5. The zero-order valence-corrected chi connectivity index (χ0v) is 26.8. The fourth-order valence-corrected chi connectivity index (χ4v) is 6.17. The Balaban J connectivity index is 2.07. The third kappa shape index (κ3) is 8.40. The van der Waals surface area contributed by atoms with Gasteiger partial charge in [-0.25, -0.2) is 8.42 Å². The number of carbonyl (C=O) groups excluding carboxylic acids is 2. The van der Waals surface area contributed by atoms with Gasteiger partial charge >= 0.3 is 0 Å². The molecule has 226 valence electrons. The molecule has 0 radical (unpaired) electrons. The third-order valence-electron chi connectivity index (χ3n) is 6.67. The van der Waals surface area contributed by atoms with E-state index in [9.17, 15) is 18.0 Å². The summed E-state index contributed by atoms with van der Waals surface area (Å²) in [5, 5.41) is 3.66. The lowest BCUT2D eigenvalue weighted by molar-refractivity contribution is -0.140. The average molecular weight is 635 g/mol. The zero-order chi connectivity index (χ0) is 31.0. The number of rotatable bonds is 13. The predicted molar refractivity (Wildman–Crippen MR) is 168 cm³/mol. The molecular formula is C31H37Cl2N3O5S. The van der Waals surface area contributed by atoms with Gasteiger partial charge in [0.05, 0.1) is 17.7 Å². The Labute approximate surface area is 258 Å². The van der Waals surface area contributed by atoms with Crippen LogP contribution < -0.4 is 14.4 Å². The van der Waals surface area contributed by atoms with Gasteiger partial charge in [0.1, 0.15) is 18.3 Å². The molecule has 0 aromatic heterocycles. The van der Waals surface area contributed by atoms with Crippen LogP contribution in [0.25, 0.3) is 0 Å². The molecule has 0 unspecified atom stereocenters. The first kappa shape index (κ1) is 33.2. The minimum absolute atomic E-state index is 0.0243. The maximum Gasteiger partial charge on any atom is 0.264 e. The Kier molecular flexibility index (Phi) is 11.7. The van der Waals surface area contributed by atoms with Gasteiger partial charge in [0.15, 0.2) is 0 Å². The van der Waals surface area contributed by atoms with Crippen molar-refractivity contribution in [3.8, 4) is 5.75 Å². The van der Waals surface area contributed by atoms with Gasteiger partial charge in [-0.3, -0.25) is 13.9 Å². The lowest BCUT2D eigenvalue weighted by Crippen LogP contribution is -2.52. The molecule has 1 N–H and O–H groups in total. The molecule has 11 heteroatoms. The van der Waals surface area contributed by atoms with Crippen LogP contribution in [0.1, 0.15) is 38.3 Å². The fraction of sp³-hybridized carbons (Fsp3) is 0.355. The van der Waals surface area contributed by atoms with Crippen LogP contribution in [-0.2, 0) is 26.2 Å². The van der Waals surface area contributed by atoms with Gasteiger partial charge in [0.25, 0.3) is 10.0 Å². The fourth-order valence-electron chi connectivity index (χ4n) is 4.29. The topological polar surface area (TPSA) is 96.0 Å². The third-order valence-corrected chi connectivity index (χ3v) is 9.05. The maximum absolute atomic E-state index is 14.2. The Hall–Kier alpha value is -3.27. The minimum atomic E-state index is -4.18. The number of anilines is 1. The van der Waals surface area contributed by atoms with Gasteiger partial charge in [-0.05, 0) is 73.4 Å². The van der Waals surface area contributed by atoms with Gasteiger partial charge < -0.3 is 15.0 Å². The number of nitrogens with one attached hydrogen (secondary N) is 1. The number of halogens is 2. The molecule has 8 nitrogen and oxygen atoms in total. The molecule has 0 spiro atoms. The standard InChI is InChI=1S/C31H37Cl2N3O5S/c1-6-29(31(38)34-18-21(2)3)35(19-23-9-10-24(32)17-28(23)33)30(37)20-36(25-11-13-26(41-5)14-12-25)42(39,40)27-15-7-22(4)8-16-27/h7-17,21,29H,6,18-20H2,1-5H3,(H,34,38)/t29-/m0/s1. The van der Waals surface area contributed by atoms with Crippen LogP contribution >= 0.6 is 23.2 Å². The summed E-state index contributed by atoms with van der Waals surface area (Å²) in [5.74, 6) is -0.169. The summed E-state index contributed by atoms with van der Waals surface area (Å²) in [4.78, 5) is 28.9. The molecule has 0 saturated heterocycles. The van der Waals surface area contributed by atoms with Crippen molar-refractivity contribution in [2.45, 2.75) is 51.6 Å². The number of aryl methyl sites for hydroxylation is 1. The summed E-state index contributed by atoms with van der Waals surface area (Å²) in [7, 11) is -2.67. The largest absolute Gasteiger partial charge is 0.497 e. The van der Waals surface area contributed by atoms with Crippen LogP contribution in [-0.4, -0.2) is 51.4 Å². The molecule has 0 aliphatic carbocycles. The molecule has 42 heavy (non-hydrogen) atoms. The average Bonchev–Trinajstić information content (AvgIpc) is 2.95. The van der Waals surface area contributed by atoms with Crippen LogP contribution in [0.4, 0.5) is 5.69 Å². The van der Waals surface area contributed by atoms with E-state index in [-0.39, 0.29) is 29.0 Å². The van der Waals surface area contributed by atoms with Gasteiger partial charge in [-0.15, -0.1) is 0 Å². The number of sulfonamides is 1. The van der Waals surface area contributed by atoms with E-state index in [1.54, 1.807) is 61.5 Å². The summed E-state index contributed by atoms with van der Waals surface area (Å²) < 4.78 is 34.2. The highest BCUT2D eigenvalue weighted by Gasteiger charge is 2.34. The normalized spacial score (nSPS) is 12.1. The lowest BCUT2D eigenvalue weighted by atomic mass is 10.1. The highest BCUT2D eigenvalue weighted by Crippen LogP contribution is 2.28. The van der Waals surface area contributed by atoms with Crippen molar-refractivity contribution < 1.29 is 22.7 Å². The molecule has 3 aromatic rings. The molecule has 0 bridgehead atoms. The number of hydrogen-bond acceptors (Lipinski definition) is 5. The molecule has 1 atom stereocenters. The Morgan fingerprint density at radius 1 is 0.976 bits per heavy atom. The van der Waals surface area contributed by atoms with Crippen molar-refractivity contribution in [3.63, 3.8) is 0 Å². The van der Waals surface area contributed by atoms with Crippen molar-refractivity contribution in [1.82, 2.24) is 10.2 Å². The second-order valence-corrected chi connectivity index (χ2v) is 13.0. The lowest BCUT2D eigenvalue weighted by Gasteiger charge is -2.33. The number of benzene rings is 3. The van der Waals surface area contributed by atoms with Gasteiger partial charge in [0.2, 0.25) is 11.8 Å². The van der Waals surface area contributed by atoms with Crippen LogP contribution in [0.5, 0.6) is 5.75 Å². The van der Waals surface area contributed by atoms with Crippen LogP contribution in [0.3, 0.4) is 0 Å². The first-order chi connectivity index (χ1) is 19.9. The van der Waals surface area contributed by atoms with E-state index < -0.39 is 28.5 Å². The monoisotopic (exact) mass is 633 g/mol. The van der Waals surface area contributed by atoms with Gasteiger partial charge in [-0.2, -0.15) is 0 Å². The molecule has 0 heterocycles. The van der Waals surface area contributed by atoms with E-state index in [4.69, 9.17) is 27.9 Å². The summed E-state index contributed by atoms with van der Waals surface area (Å²) in [5.41, 5.74) is 1.73. The molecule has 0 aliphatic rings. The van der Waals surface area contributed by atoms with Crippen molar-refractivity contribution >= 4 is 50.7 Å². The molecule has 2 amide bonds. The van der Waals surface area contributed by atoms with Crippen molar-refractivity contribution in [2.75, 3.05) is 24.5 Å². The summed E-state index contributed by atoms with van der Waals surface area (Å²) in [6.45, 7) is 7.45. The smallest absolute Gasteiger partial charge is 0.264 e. The molecular weight excluding hydrogens is 597 g/mol. The molecule has 0 aliphatic heterocycles. The minimum Gasteiger partial charge on any atom is -0.497 e. The second kappa shape index (κ2) is 14.8. The molecule has 3 rings (SSSR count). The summed E-state index contributed by atoms with van der Waals surface area (Å²) in [6.07, 6.45) is 0.300. The van der Waals surface area contributed by atoms with E-state index in [0.717, 1.165) is 9.87 Å². The second-order valence-electron chi connectivity index (χ2n) is 10.3. The van der Waals surface area contributed by atoms with E-state index in [0.29, 0.717) is 34.3 Å². The van der Waals surface area contributed by atoms with E-state index >= 15 is 0 Å². The number of carbonyl (C=O) groups is 2. The summed E-state index contributed by atoms with van der Waals surface area (Å²) in [6, 6.07) is 16.8. The number of methoxy groups -OCH3 is 1. The predicted octanol–water partition coefficient (Wildman–Crippen LogP) is 6.09. The van der Waals surface area contributed by atoms with Gasteiger partial charge in [0, 0.05) is 23.1 Å². The van der Waals surface area contributed by atoms with E-state index in [1.165, 1.54) is 24.1 Å². The van der Waals surface area contributed by atoms with E-state index in [2.05, 4.69) is 5.32 Å². The Bertz CT molecular complexity index is 1480. The van der Waals surface area contributed by atoms with Crippen LogP contribution in [0.15, 0.2) is 71.6 Å². The number of nitrogens with zero attached hydrogens (tertiary/aromatic N) is 2. The number of amides is 2. The number of ether oxygens (including phenoxy) is 1. The van der Waals surface area contributed by atoms with Crippen molar-refractivity contribution in [1.29, 1.82) is 0 Å². The van der Waals surface area contributed by atoms with Crippen molar-refractivity contribution in [2.24, 2.45) is 5.92 Å². The van der Waals surface area contributed by atoms with Crippen LogP contribution in [0.2, 0.25) is 10.0 Å². The Morgan fingerprint density at radius 2 is 1.62 bits per heavy atom. The molecule has 0 fully saturated rings.